The average Bonchev–Trinajstić information content (AvgIpc) is 2.73. The van der Waals surface area contributed by atoms with E-state index in [1.807, 2.05) is 60.7 Å². The predicted molar refractivity (Wildman–Crippen MR) is 109 cm³/mol. The highest BCUT2D eigenvalue weighted by Gasteiger charge is 2.17. The van der Waals surface area contributed by atoms with E-state index in [9.17, 15) is 9.59 Å². The molecule has 28 heavy (non-hydrogen) atoms. The van der Waals surface area contributed by atoms with Crippen LogP contribution in [0.15, 0.2) is 72.9 Å². The van der Waals surface area contributed by atoms with Crippen molar-refractivity contribution in [2.45, 2.75) is 0 Å². The van der Waals surface area contributed by atoms with Crippen molar-refractivity contribution in [3.05, 3.63) is 78.6 Å². The molecule has 138 valence electrons. The summed E-state index contributed by atoms with van der Waals surface area (Å²) in [7, 11) is 1.57. The van der Waals surface area contributed by atoms with Crippen LogP contribution in [0.5, 0.6) is 0 Å². The Labute approximate surface area is 161 Å². The topological polar surface area (TPSA) is 75.2 Å². The molecule has 6 nitrogen and oxygen atoms in total. The Hall–Kier alpha value is -3.80. The third-order valence-electron chi connectivity index (χ3n) is 4.46. The fraction of sp³-hybridized carbons (Fsp3) is 0.0909. The molecule has 1 aromatic heterocycles. The number of fused-ring (bicyclic) bond motifs is 2. The van der Waals surface area contributed by atoms with Crippen LogP contribution in [0.4, 0.5) is 5.69 Å². The molecule has 3 aromatic carbocycles. The lowest BCUT2D eigenvalue weighted by molar-refractivity contribution is -0.116. The van der Waals surface area contributed by atoms with Crippen molar-refractivity contribution < 1.29 is 9.59 Å². The Bertz CT molecular complexity index is 1180. The number of hydrogen-bond acceptors (Lipinski definition) is 4. The Morgan fingerprint density at radius 2 is 1.64 bits per heavy atom. The first-order valence-electron chi connectivity index (χ1n) is 8.87. The Balaban J connectivity index is 1.48. The van der Waals surface area contributed by atoms with E-state index in [0.29, 0.717) is 5.52 Å². The lowest BCUT2D eigenvalue weighted by atomic mass is 10.1. The molecule has 4 aromatic rings. The van der Waals surface area contributed by atoms with Gasteiger partial charge in [-0.2, -0.15) is 0 Å². The molecule has 0 unspecified atom stereocenters. The third kappa shape index (κ3) is 3.53. The van der Waals surface area contributed by atoms with Crippen LogP contribution in [0.25, 0.3) is 21.8 Å². The molecule has 0 bridgehead atoms. The number of nitrogens with zero attached hydrogens (tertiary/aromatic N) is 3. The normalized spacial score (nSPS) is 10.8. The number of rotatable bonds is 4. The lowest BCUT2D eigenvalue weighted by Gasteiger charge is -2.17. The number of benzene rings is 3. The third-order valence-corrected chi connectivity index (χ3v) is 4.46. The Kier molecular flexibility index (Phi) is 4.68. The molecule has 0 saturated carbocycles. The van der Waals surface area contributed by atoms with Crippen LogP contribution >= 0.6 is 0 Å². The van der Waals surface area contributed by atoms with Crippen molar-refractivity contribution in [3.8, 4) is 0 Å². The van der Waals surface area contributed by atoms with Gasteiger partial charge in [0.05, 0.1) is 23.8 Å². The number of carbonyl (C=O) groups is 2. The maximum absolute atomic E-state index is 12.6. The minimum absolute atomic E-state index is 0.0867. The van der Waals surface area contributed by atoms with Gasteiger partial charge in [-0.25, -0.2) is 4.98 Å². The van der Waals surface area contributed by atoms with Gasteiger partial charge in [-0.15, -0.1) is 0 Å². The number of hydrogen-bond donors (Lipinski definition) is 1. The predicted octanol–water partition coefficient (Wildman–Crippen LogP) is 3.49. The second kappa shape index (κ2) is 7.44. The number of carbonyl (C=O) groups excluding carboxylic acids is 2. The van der Waals surface area contributed by atoms with Gasteiger partial charge >= 0.3 is 0 Å². The summed E-state index contributed by atoms with van der Waals surface area (Å²) in [6, 6.07) is 20.9. The first-order chi connectivity index (χ1) is 13.6. The standard InChI is InChI=1S/C22H18N4O2/c1-26(22(28)20-13-23-18-10-4-5-11-19(18)24-20)14-21(27)25-17-12-6-8-15-7-2-3-9-16(15)17/h2-13H,14H2,1H3,(H,25,27). The summed E-state index contributed by atoms with van der Waals surface area (Å²) in [4.78, 5) is 35.0. The van der Waals surface area contributed by atoms with E-state index in [2.05, 4.69) is 15.3 Å². The Morgan fingerprint density at radius 1 is 0.929 bits per heavy atom. The summed E-state index contributed by atoms with van der Waals surface area (Å²) in [5, 5.41) is 4.87. The number of nitrogens with one attached hydrogen (secondary N) is 1. The van der Waals surface area contributed by atoms with Crippen LogP contribution < -0.4 is 5.32 Å². The van der Waals surface area contributed by atoms with Crippen LogP contribution in [0.3, 0.4) is 0 Å². The highest BCUT2D eigenvalue weighted by molar-refractivity contribution is 6.04. The minimum atomic E-state index is -0.355. The number of aromatic nitrogens is 2. The van der Waals surface area contributed by atoms with Crippen LogP contribution in [0.1, 0.15) is 10.5 Å². The molecular weight excluding hydrogens is 352 g/mol. The van der Waals surface area contributed by atoms with Gasteiger partial charge < -0.3 is 10.2 Å². The SMILES string of the molecule is CN(CC(=O)Nc1cccc2ccccc12)C(=O)c1cnc2ccccc2n1. The number of amides is 2. The molecular formula is C22H18N4O2. The maximum Gasteiger partial charge on any atom is 0.274 e. The summed E-state index contributed by atoms with van der Waals surface area (Å²) in [6.45, 7) is -0.0867. The van der Waals surface area contributed by atoms with E-state index in [1.165, 1.54) is 11.1 Å². The van der Waals surface area contributed by atoms with Crippen LogP contribution in [-0.2, 0) is 4.79 Å². The fourth-order valence-electron chi connectivity index (χ4n) is 3.07. The summed E-state index contributed by atoms with van der Waals surface area (Å²) in [5.74, 6) is -0.632. The quantitative estimate of drug-likeness (QED) is 0.597. The van der Waals surface area contributed by atoms with Crippen molar-refractivity contribution in [3.63, 3.8) is 0 Å². The smallest absolute Gasteiger partial charge is 0.274 e. The summed E-state index contributed by atoms with van der Waals surface area (Å²) >= 11 is 0. The average molecular weight is 370 g/mol. The molecule has 0 aliphatic carbocycles. The molecule has 0 saturated heterocycles. The van der Waals surface area contributed by atoms with Crippen molar-refractivity contribution in [1.29, 1.82) is 0 Å². The monoisotopic (exact) mass is 370 g/mol. The molecule has 0 aliphatic rings. The van der Waals surface area contributed by atoms with E-state index in [4.69, 9.17) is 0 Å². The minimum Gasteiger partial charge on any atom is -0.331 e. The first kappa shape index (κ1) is 17.6. The zero-order valence-corrected chi connectivity index (χ0v) is 15.3. The Morgan fingerprint density at radius 3 is 2.50 bits per heavy atom. The summed E-state index contributed by atoms with van der Waals surface area (Å²) < 4.78 is 0. The van der Waals surface area contributed by atoms with Gasteiger partial charge in [0.1, 0.15) is 5.69 Å². The summed E-state index contributed by atoms with van der Waals surface area (Å²) in [5.41, 5.74) is 2.28. The van der Waals surface area contributed by atoms with Crippen molar-refractivity contribution in [2.24, 2.45) is 0 Å². The van der Waals surface area contributed by atoms with Crippen LogP contribution in [-0.4, -0.2) is 40.3 Å². The second-order valence-corrected chi connectivity index (χ2v) is 6.48. The van der Waals surface area contributed by atoms with Gasteiger partial charge in [-0.3, -0.25) is 14.6 Å². The maximum atomic E-state index is 12.6. The van der Waals surface area contributed by atoms with Crippen LogP contribution in [0.2, 0.25) is 0 Å². The van der Waals surface area contributed by atoms with Gasteiger partial charge in [0.2, 0.25) is 5.91 Å². The van der Waals surface area contributed by atoms with Gasteiger partial charge in [0.25, 0.3) is 5.91 Å². The zero-order valence-electron chi connectivity index (χ0n) is 15.3. The number of anilines is 1. The van der Waals surface area contributed by atoms with E-state index in [-0.39, 0.29) is 24.1 Å². The molecule has 0 radical (unpaired) electrons. The number of likely N-dealkylation sites (N-methyl/N-ethyl adjacent to an activating group) is 1. The highest BCUT2D eigenvalue weighted by Crippen LogP contribution is 2.22. The van der Waals surface area contributed by atoms with E-state index in [0.717, 1.165) is 22.0 Å². The molecule has 0 atom stereocenters. The molecule has 0 spiro atoms. The van der Waals surface area contributed by atoms with Gasteiger partial charge in [-0.1, -0.05) is 48.5 Å². The largest absolute Gasteiger partial charge is 0.331 e. The van der Waals surface area contributed by atoms with Crippen molar-refractivity contribution in [2.75, 3.05) is 18.9 Å². The molecule has 4 rings (SSSR count). The molecule has 0 aliphatic heterocycles. The molecule has 1 heterocycles. The van der Waals surface area contributed by atoms with Gasteiger partial charge in [-0.05, 0) is 23.6 Å². The van der Waals surface area contributed by atoms with Gasteiger partial charge in [0, 0.05) is 18.1 Å². The second-order valence-electron chi connectivity index (χ2n) is 6.48. The van der Waals surface area contributed by atoms with E-state index >= 15 is 0 Å². The molecule has 6 heteroatoms. The fourth-order valence-corrected chi connectivity index (χ4v) is 3.07. The first-order valence-corrected chi connectivity index (χ1v) is 8.87. The van der Waals surface area contributed by atoms with E-state index < -0.39 is 0 Å². The van der Waals surface area contributed by atoms with E-state index in [1.54, 1.807) is 13.1 Å². The molecule has 1 N–H and O–H groups in total. The van der Waals surface area contributed by atoms with Crippen LogP contribution in [0, 0.1) is 0 Å². The zero-order chi connectivity index (χ0) is 19.5. The molecule has 0 fully saturated rings. The molecule has 2 amide bonds. The van der Waals surface area contributed by atoms with Crippen molar-refractivity contribution >= 4 is 39.3 Å². The van der Waals surface area contributed by atoms with Crippen molar-refractivity contribution in [1.82, 2.24) is 14.9 Å². The lowest BCUT2D eigenvalue weighted by Crippen LogP contribution is -2.35. The highest BCUT2D eigenvalue weighted by atomic mass is 16.2. The summed E-state index contributed by atoms with van der Waals surface area (Å²) in [6.07, 6.45) is 1.43. The van der Waals surface area contributed by atoms with Gasteiger partial charge in [0.15, 0.2) is 0 Å². The number of para-hydroxylation sites is 2.